The summed E-state index contributed by atoms with van der Waals surface area (Å²) in [6.07, 6.45) is 3.03. The number of furan rings is 1. The summed E-state index contributed by atoms with van der Waals surface area (Å²) in [5.41, 5.74) is 1.81. The number of thioether (sulfide) groups is 1. The quantitative estimate of drug-likeness (QED) is 0.513. The molecule has 34 heavy (non-hydrogen) atoms. The molecule has 4 rings (SSSR count). The summed E-state index contributed by atoms with van der Waals surface area (Å²) < 4.78 is 28.9. The fourth-order valence-corrected chi connectivity index (χ4v) is 7.82. The molecule has 1 aromatic heterocycles. The predicted molar refractivity (Wildman–Crippen MR) is 137 cm³/mol. The molecule has 10 heteroatoms. The van der Waals surface area contributed by atoms with Gasteiger partial charge in [0.25, 0.3) is 0 Å². The van der Waals surface area contributed by atoms with Crippen LogP contribution < -0.4 is 10.6 Å². The Hall–Kier alpha value is -2.30. The van der Waals surface area contributed by atoms with Crippen molar-refractivity contribution >= 4 is 38.4 Å². The van der Waals surface area contributed by atoms with E-state index in [2.05, 4.69) is 34.4 Å². The first-order chi connectivity index (χ1) is 16.3. The third-order valence-electron chi connectivity index (χ3n) is 6.26. The molecule has 2 aliphatic rings. The Balaban J connectivity index is 1.21. The van der Waals surface area contributed by atoms with Crippen LogP contribution in [0, 0.1) is 0 Å². The maximum atomic E-state index is 12.4. The topological polar surface area (TPSA) is 104 Å². The summed E-state index contributed by atoms with van der Waals surface area (Å²) in [6.45, 7) is 6.41. The maximum absolute atomic E-state index is 12.4. The highest BCUT2D eigenvalue weighted by atomic mass is 32.2. The second-order valence-electron chi connectivity index (χ2n) is 8.89. The molecule has 0 unspecified atom stereocenters. The summed E-state index contributed by atoms with van der Waals surface area (Å²) in [5.74, 6) is 1.26. The number of sulfone groups is 1. The maximum Gasteiger partial charge on any atom is 0.224 e. The zero-order chi connectivity index (χ0) is 24.1. The molecular formula is C24H32N4O4S2. The van der Waals surface area contributed by atoms with Gasteiger partial charge in [-0.2, -0.15) is 0 Å². The monoisotopic (exact) mass is 504 g/mol. The Labute approximate surface area is 205 Å². The minimum atomic E-state index is -2.95. The lowest BCUT2D eigenvalue weighted by Gasteiger charge is -2.27. The fraction of sp³-hybridized carbons (Fsp3) is 0.500. The van der Waals surface area contributed by atoms with Gasteiger partial charge in [0, 0.05) is 30.1 Å². The van der Waals surface area contributed by atoms with Crippen molar-refractivity contribution in [2.24, 2.45) is 4.99 Å². The summed E-state index contributed by atoms with van der Waals surface area (Å²) in [5, 5.41) is 7.07. The van der Waals surface area contributed by atoms with Crippen molar-refractivity contribution in [2.75, 3.05) is 29.9 Å². The minimum absolute atomic E-state index is 0.00688. The number of aliphatic imine (C=N–C) groups is 1. The second kappa shape index (κ2) is 11.0. The van der Waals surface area contributed by atoms with Gasteiger partial charge in [-0.3, -0.25) is 14.7 Å². The molecule has 3 atom stereocenters. The van der Waals surface area contributed by atoms with E-state index in [1.165, 1.54) is 11.8 Å². The first kappa shape index (κ1) is 24.8. The largest absolute Gasteiger partial charge is 0.468 e. The van der Waals surface area contributed by atoms with Crippen LogP contribution in [0.25, 0.3) is 0 Å². The lowest BCUT2D eigenvalue weighted by Crippen LogP contribution is -2.39. The molecule has 2 N–H and O–H groups in total. The van der Waals surface area contributed by atoms with E-state index in [4.69, 9.17) is 4.42 Å². The Morgan fingerprint density at radius 2 is 2.06 bits per heavy atom. The van der Waals surface area contributed by atoms with Crippen LogP contribution in [0.5, 0.6) is 0 Å². The van der Waals surface area contributed by atoms with Gasteiger partial charge in [0.1, 0.15) is 5.76 Å². The van der Waals surface area contributed by atoms with Gasteiger partial charge in [0.05, 0.1) is 36.8 Å². The summed E-state index contributed by atoms with van der Waals surface area (Å²) in [6, 6.07) is 11.8. The molecule has 0 bridgehead atoms. The second-order valence-corrected chi connectivity index (χ2v) is 12.3. The molecule has 0 radical (unpaired) electrons. The Kier molecular flexibility index (Phi) is 8.00. The fourth-order valence-electron chi connectivity index (χ4n) is 4.15. The molecule has 3 heterocycles. The van der Waals surface area contributed by atoms with Gasteiger partial charge >= 0.3 is 0 Å². The molecule has 1 amide bonds. The van der Waals surface area contributed by atoms with E-state index in [0.29, 0.717) is 19.0 Å². The van der Waals surface area contributed by atoms with Crippen LogP contribution in [0.4, 0.5) is 5.69 Å². The van der Waals surface area contributed by atoms with E-state index in [1.807, 2.05) is 36.4 Å². The van der Waals surface area contributed by atoms with Crippen LogP contribution >= 0.6 is 11.8 Å². The zero-order valence-electron chi connectivity index (χ0n) is 19.6. The number of nitrogens with one attached hydrogen (secondary N) is 2. The van der Waals surface area contributed by atoms with Crippen LogP contribution in [0.15, 0.2) is 52.1 Å². The average molecular weight is 505 g/mol. The van der Waals surface area contributed by atoms with Crippen LogP contribution in [-0.2, 0) is 27.6 Å². The number of carbonyl (C=O) groups is 1. The standard InChI is InChI=1S/C24H32N4O4S2/c1-3-17(2)28(14-20-5-4-12-32-20)11-10-25-23(29)13-18-6-8-19(9-7-18)26-24-27-21-15-34(30,31)16-22(21)33-24/h4-9,12,17,21-22H,3,10-11,13-16H2,1-2H3,(H,25,29)(H,26,27)/t17-,21+,22+/m0/s1. The SMILES string of the molecule is CC[C@H](C)N(CCNC(=O)Cc1ccc(NC2=N[C@@H]3CS(=O)(=O)C[C@H]3S2)cc1)Cc1ccco1. The van der Waals surface area contributed by atoms with Crippen molar-refractivity contribution in [1.29, 1.82) is 0 Å². The highest BCUT2D eigenvalue weighted by Crippen LogP contribution is 2.34. The van der Waals surface area contributed by atoms with Crippen LogP contribution in [0.2, 0.25) is 0 Å². The van der Waals surface area contributed by atoms with E-state index >= 15 is 0 Å². The molecule has 0 spiro atoms. The molecule has 0 saturated carbocycles. The van der Waals surface area contributed by atoms with Crippen LogP contribution in [0.1, 0.15) is 31.6 Å². The molecule has 1 aromatic carbocycles. The lowest BCUT2D eigenvalue weighted by atomic mass is 10.1. The molecule has 0 aliphatic carbocycles. The number of amidine groups is 1. The van der Waals surface area contributed by atoms with E-state index < -0.39 is 9.84 Å². The zero-order valence-corrected chi connectivity index (χ0v) is 21.2. The van der Waals surface area contributed by atoms with Gasteiger partial charge in [0.2, 0.25) is 5.91 Å². The molecule has 2 aliphatic heterocycles. The van der Waals surface area contributed by atoms with Crippen molar-refractivity contribution in [1.82, 2.24) is 10.2 Å². The van der Waals surface area contributed by atoms with Crippen LogP contribution in [0.3, 0.4) is 0 Å². The van der Waals surface area contributed by atoms with E-state index in [9.17, 15) is 13.2 Å². The normalized spacial score (nSPS) is 21.8. The summed E-state index contributed by atoms with van der Waals surface area (Å²) in [7, 11) is -2.95. The number of amides is 1. The van der Waals surface area contributed by atoms with Crippen molar-refractivity contribution in [3.05, 3.63) is 54.0 Å². The van der Waals surface area contributed by atoms with Gasteiger partial charge in [0.15, 0.2) is 15.0 Å². The molecule has 184 valence electrons. The molecule has 1 saturated heterocycles. The first-order valence-corrected chi connectivity index (χ1v) is 14.4. The average Bonchev–Trinajstić information content (AvgIpc) is 3.49. The van der Waals surface area contributed by atoms with Gasteiger partial charge in [-0.25, -0.2) is 8.42 Å². The van der Waals surface area contributed by atoms with E-state index in [1.54, 1.807) is 6.26 Å². The van der Waals surface area contributed by atoms with Crippen LogP contribution in [-0.4, -0.2) is 66.3 Å². The number of hydrogen-bond donors (Lipinski definition) is 2. The van der Waals surface area contributed by atoms with Crippen molar-refractivity contribution in [3.63, 3.8) is 0 Å². The number of benzene rings is 1. The number of rotatable bonds is 10. The third-order valence-corrected chi connectivity index (χ3v) is 9.40. The number of fused-ring (bicyclic) bond motifs is 1. The minimum Gasteiger partial charge on any atom is -0.468 e. The molecular weight excluding hydrogens is 472 g/mol. The van der Waals surface area contributed by atoms with Crippen molar-refractivity contribution in [2.45, 2.75) is 50.6 Å². The van der Waals surface area contributed by atoms with Gasteiger partial charge in [-0.05, 0) is 43.2 Å². The first-order valence-electron chi connectivity index (χ1n) is 11.7. The Morgan fingerprint density at radius 1 is 1.26 bits per heavy atom. The smallest absolute Gasteiger partial charge is 0.224 e. The van der Waals surface area contributed by atoms with Gasteiger partial charge in [-0.1, -0.05) is 30.8 Å². The number of carbonyl (C=O) groups excluding carboxylic acids is 1. The van der Waals surface area contributed by atoms with E-state index in [0.717, 1.165) is 41.7 Å². The van der Waals surface area contributed by atoms with Gasteiger partial charge < -0.3 is 15.1 Å². The summed E-state index contributed by atoms with van der Waals surface area (Å²) >= 11 is 1.49. The van der Waals surface area contributed by atoms with Gasteiger partial charge in [-0.15, -0.1) is 0 Å². The van der Waals surface area contributed by atoms with Crippen molar-refractivity contribution < 1.29 is 17.6 Å². The Bertz CT molecular complexity index is 1100. The third kappa shape index (κ3) is 6.64. The highest BCUT2D eigenvalue weighted by molar-refractivity contribution is 8.15. The lowest BCUT2D eigenvalue weighted by molar-refractivity contribution is -0.120. The molecule has 1 fully saturated rings. The summed E-state index contributed by atoms with van der Waals surface area (Å²) in [4.78, 5) is 19.3. The Morgan fingerprint density at radius 3 is 2.74 bits per heavy atom. The number of anilines is 1. The molecule has 8 nitrogen and oxygen atoms in total. The molecule has 2 aromatic rings. The number of nitrogens with zero attached hydrogens (tertiary/aromatic N) is 2. The predicted octanol–water partition coefficient (Wildman–Crippen LogP) is 2.92. The van der Waals surface area contributed by atoms with E-state index in [-0.39, 0.29) is 28.7 Å². The van der Waals surface area contributed by atoms with Crippen molar-refractivity contribution in [3.8, 4) is 0 Å². The highest BCUT2D eigenvalue weighted by Gasteiger charge is 2.42. The number of hydrogen-bond acceptors (Lipinski definition) is 8.